The Morgan fingerprint density at radius 1 is 1.33 bits per heavy atom. The van der Waals surface area contributed by atoms with Crippen molar-refractivity contribution in [2.45, 2.75) is 19.8 Å². The van der Waals surface area contributed by atoms with Gasteiger partial charge in [-0.05, 0) is 29.7 Å². The summed E-state index contributed by atoms with van der Waals surface area (Å²) in [6, 6.07) is 6.24. The van der Waals surface area contributed by atoms with Crippen LogP contribution >= 0.6 is 11.3 Å². The summed E-state index contributed by atoms with van der Waals surface area (Å²) in [5.74, 6) is 1.38. The van der Waals surface area contributed by atoms with Crippen LogP contribution in [0.3, 0.4) is 0 Å². The molecule has 1 N–H and O–H groups in total. The number of nitrogens with zero attached hydrogens (tertiary/aromatic N) is 1. The number of hydrogen-bond acceptors (Lipinski definition) is 4. The van der Waals surface area contributed by atoms with Gasteiger partial charge in [0.15, 0.2) is 5.13 Å². The van der Waals surface area contributed by atoms with Crippen LogP contribution in [-0.4, -0.2) is 19.1 Å². The van der Waals surface area contributed by atoms with Gasteiger partial charge in [0.25, 0.3) is 0 Å². The van der Waals surface area contributed by atoms with Gasteiger partial charge in [0.05, 0.1) is 12.8 Å². The first-order valence-electron chi connectivity index (χ1n) is 5.97. The second-order valence-electron chi connectivity index (χ2n) is 4.40. The largest absolute Gasteiger partial charge is 0.496 e. The SMILES string of the molecule is CNc1nc(-c2ccc(OC)c(C(C)C)c2)cs1. The number of rotatable bonds is 4. The molecule has 2 rings (SSSR count). The number of thiazole rings is 1. The fourth-order valence-electron chi connectivity index (χ4n) is 1.87. The maximum absolute atomic E-state index is 5.39. The molecule has 3 nitrogen and oxygen atoms in total. The van der Waals surface area contributed by atoms with Crippen molar-refractivity contribution in [1.82, 2.24) is 4.98 Å². The molecule has 0 unspecified atom stereocenters. The van der Waals surface area contributed by atoms with Gasteiger partial charge in [-0.1, -0.05) is 13.8 Å². The normalized spacial score (nSPS) is 10.7. The van der Waals surface area contributed by atoms with E-state index in [1.54, 1.807) is 18.4 Å². The van der Waals surface area contributed by atoms with Gasteiger partial charge in [-0.15, -0.1) is 11.3 Å². The summed E-state index contributed by atoms with van der Waals surface area (Å²) in [7, 11) is 3.60. The lowest BCUT2D eigenvalue weighted by Gasteiger charge is -2.12. The molecule has 1 aromatic carbocycles. The molecule has 0 fully saturated rings. The van der Waals surface area contributed by atoms with E-state index >= 15 is 0 Å². The molecule has 1 heterocycles. The molecule has 0 saturated carbocycles. The summed E-state index contributed by atoms with van der Waals surface area (Å²) >= 11 is 1.62. The zero-order chi connectivity index (χ0) is 13.1. The smallest absolute Gasteiger partial charge is 0.182 e. The molecule has 0 aliphatic rings. The average Bonchev–Trinajstić information content (AvgIpc) is 2.86. The number of benzene rings is 1. The van der Waals surface area contributed by atoms with Gasteiger partial charge >= 0.3 is 0 Å². The van der Waals surface area contributed by atoms with Crippen LogP contribution in [0.5, 0.6) is 5.75 Å². The van der Waals surface area contributed by atoms with E-state index in [-0.39, 0.29) is 0 Å². The number of aromatic nitrogens is 1. The van der Waals surface area contributed by atoms with Crippen LogP contribution in [0.4, 0.5) is 5.13 Å². The van der Waals surface area contributed by atoms with E-state index in [0.29, 0.717) is 5.92 Å². The van der Waals surface area contributed by atoms with E-state index in [0.717, 1.165) is 22.1 Å². The van der Waals surface area contributed by atoms with Gasteiger partial charge in [0.2, 0.25) is 0 Å². The molecule has 2 aromatic rings. The molecule has 4 heteroatoms. The second kappa shape index (κ2) is 5.40. The van der Waals surface area contributed by atoms with Gasteiger partial charge in [-0.3, -0.25) is 0 Å². The first kappa shape index (κ1) is 12.9. The fourth-order valence-corrected chi connectivity index (χ4v) is 2.55. The summed E-state index contributed by atoms with van der Waals surface area (Å²) in [4.78, 5) is 4.52. The highest BCUT2D eigenvalue weighted by Crippen LogP contribution is 2.32. The van der Waals surface area contributed by atoms with E-state index < -0.39 is 0 Å². The van der Waals surface area contributed by atoms with Crippen molar-refractivity contribution in [3.05, 3.63) is 29.1 Å². The van der Waals surface area contributed by atoms with Crippen LogP contribution in [0.15, 0.2) is 23.6 Å². The topological polar surface area (TPSA) is 34.2 Å². The molecule has 18 heavy (non-hydrogen) atoms. The fraction of sp³-hybridized carbons (Fsp3) is 0.357. The summed E-state index contributed by atoms with van der Waals surface area (Å²) in [6.07, 6.45) is 0. The standard InChI is InChI=1S/C14H18N2OS/c1-9(2)11-7-10(5-6-13(11)17-4)12-8-18-14(15-3)16-12/h5-9H,1-4H3,(H,15,16). The predicted octanol–water partition coefficient (Wildman–Crippen LogP) is 3.98. The van der Waals surface area contributed by atoms with E-state index in [2.05, 4.69) is 41.7 Å². The van der Waals surface area contributed by atoms with Crippen molar-refractivity contribution >= 4 is 16.5 Å². The van der Waals surface area contributed by atoms with Crippen LogP contribution in [0.2, 0.25) is 0 Å². The summed E-state index contributed by atoms with van der Waals surface area (Å²) in [6.45, 7) is 4.34. The van der Waals surface area contributed by atoms with Crippen molar-refractivity contribution < 1.29 is 4.74 Å². The molecule has 0 radical (unpaired) electrons. The van der Waals surface area contributed by atoms with Gasteiger partial charge < -0.3 is 10.1 Å². The molecule has 0 atom stereocenters. The van der Waals surface area contributed by atoms with Crippen LogP contribution < -0.4 is 10.1 Å². The maximum atomic E-state index is 5.39. The molecular weight excluding hydrogens is 244 g/mol. The van der Waals surface area contributed by atoms with Gasteiger partial charge in [0, 0.05) is 18.0 Å². The summed E-state index contributed by atoms with van der Waals surface area (Å²) in [5, 5.41) is 6.06. The third kappa shape index (κ3) is 2.48. The van der Waals surface area contributed by atoms with Gasteiger partial charge in [0.1, 0.15) is 5.75 Å². The minimum Gasteiger partial charge on any atom is -0.496 e. The van der Waals surface area contributed by atoms with Crippen molar-refractivity contribution in [2.75, 3.05) is 19.5 Å². The zero-order valence-corrected chi connectivity index (χ0v) is 12.0. The molecule has 1 aromatic heterocycles. The molecule has 0 aliphatic carbocycles. The number of nitrogens with one attached hydrogen (secondary N) is 1. The van der Waals surface area contributed by atoms with Crippen molar-refractivity contribution in [1.29, 1.82) is 0 Å². The Labute approximate surface area is 112 Å². The predicted molar refractivity (Wildman–Crippen MR) is 77.7 cm³/mol. The highest BCUT2D eigenvalue weighted by atomic mass is 32.1. The Hall–Kier alpha value is -1.55. The number of ether oxygens (including phenoxy) is 1. The third-order valence-corrected chi connectivity index (χ3v) is 3.73. The Balaban J connectivity index is 2.42. The number of methoxy groups -OCH3 is 1. The van der Waals surface area contributed by atoms with Crippen molar-refractivity contribution in [2.24, 2.45) is 0 Å². The van der Waals surface area contributed by atoms with Crippen molar-refractivity contribution in [3.8, 4) is 17.0 Å². The van der Waals surface area contributed by atoms with Crippen LogP contribution in [0.1, 0.15) is 25.3 Å². The molecular formula is C14H18N2OS. The molecule has 96 valence electrons. The lowest BCUT2D eigenvalue weighted by atomic mass is 9.99. The lowest BCUT2D eigenvalue weighted by molar-refractivity contribution is 0.407. The minimum atomic E-state index is 0.433. The molecule has 0 amide bonds. The first-order chi connectivity index (χ1) is 8.65. The third-order valence-electron chi connectivity index (χ3n) is 2.87. The highest BCUT2D eigenvalue weighted by molar-refractivity contribution is 7.14. The van der Waals surface area contributed by atoms with E-state index in [9.17, 15) is 0 Å². The zero-order valence-electron chi connectivity index (χ0n) is 11.2. The van der Waals surface area contributed by atoms with Crippen LogP contribution in [-0.2, 0) is 0 Å². The highest BCUT2D eigenvalue weighted by Gasteiger charge is 2.11. The molecule has 0 spiro atoms. The Kier molecular flexibility index (Phi) is 3.87. The number of hydrogen-bond donors (Lipinski definition) is 1. The number of anilines is 1. The van der Waals surface area contributed by atoms with Crippen LogP contribution in [0.25, 0.3) is 11.3 Å². The summed E-state index contributed by atoms with van der Waals surface area (Å²) < 4.78 is 5.39. The van der Waals surface area contributed by atoms with E-state index in [1.807, 2.05) is 13.1 Å². The Morgan fingerprint density at radius 3 is 2.67 bits per heavy atom. The van der Waals surface area contributed by atoms with Gasteiger partial charge in [-0.2, -0.15) is 0 Å². The quantitative estimate of drug-likeness (QED) is 0.904. The maximum Gasteiger partial charge on any atom is 0.182 e. The summed E-state index contributed by atoms with van der Waals surface area (Å²) in [5.41, 5.74) is 3.36. The Morgan fingerprint density at radius 2 is 2.11 bits per heavy atom. The minimum absolute atomic E-state index is 0.433. The average molecular weight is 262 g/mol. The lowest BCUT2D eigenvalue weighted by Crippen LogP contribution is -1.95. The second-order valence-corrected chi connectivity index (χ2v) is 5.26. The first-order valence-corrected chi connectivity index (χ1v) is 6.85. The monoisotopic (exact) mass is 262 g/mol. The van der Waals surface area contributed by atoms with Crippen molar-refractivity contribution in [3.63, 3.8) is 0 Å². The molecule has 0 saturated heterocycles. The molecule has 0 bridgehead atoms. The molecule has 0 aliphatic heterocycles. The van der Waals surface area contributed by atoms with E-state index in [1.165, 1.54) is 5.56 Å². The van der Waals surface area contributed by atoms with Crippen LogP contribution in [0, 0.1) is 0 Å². The Bertz CT molecular complexity index is 534. The van der Waals surface area contributed by atoms with E-state index in [4.69, 9.17) is 4.74 Å². The van der Waals surface area contributed by atoms with Gasteiger partial charge in [-0.25, -0.2) is 4.98 Å².